The third kappa shape index (κ3) is 2.11. The quantitative estimate of drug-likeness (QED) is 0.628. The summed E-state index contributed by atoms with van der Waals surface area (Å²) in [5.41, 5.74) is 6.96. The number of rotatable bonds is 2. The lowest BCUT2D eigenvalue weighted by Gasteiger charge is -2.63. The molecule has 2 unspecified atom stereocenters. The molecule has 0 nitrogen and oxygen atoms in total. The molecule has 2 atom stereocenters. The second kappa shape index (κ2) is 4.97. The lowest BCUT2D eigenvalue weighted by molar-refractivity contribution is -0.0281. The van der Waals surface area contributed by atoms with E-state index in [0.717, 1.165) is 11.8 Å². The Morgan fingerprint density at radius 3 is 1.96 bits per heavy atom. The summed E-state index contributed by atoms with van der Waals surface area (Å²) in [6.45, 7) is 4.46. The van der Waals surface area contributed by atoms with Gasteiger partial charge in [0.2, 0.25) is 0 Å². The van der Waals surface area contributed by atoms with Gasteiger partial charge in [-0.05, 0) is 86.2 Å². The van der Waals surface area contributed by atoms with Crippen LogP contribution in [0.15, 0.2) is 48.5 Å². The first-order chi connectivity index (χ1) is 11.6. The molecule has 0 amide bonds. The third-order valence-corrected chi connectivity index (χ3v) is 7.36. The third-order valence-electron chi connectivity index (χ3n) is 7.36. The van der Waals surface area contributed by atoms with Gasteiger partial charge in [-0.25, -0.2) is 0 Å². The SMILES string of the molecule is Cc1ccc(C23CC4CC(C2)CC(c2cccc(C)c2)(C4)C3)cc1. The maximum absolute atomic E-state index is 2.48. The topological polar surface area (TPSA) is 0 Å². The van der Waals surface area contributed by atoms with Crippen molar-refractivity contribution in [2.75, 3.05) is 0 Å². The fraction of sp³-hybridized carbons (Fsp3) is 0.500. The minimum Gasteiger partial charge on any atom is -0.0617 e. The Morgan fingerprint density at radius 1 is 0.708 bits per heavy atom. The number of benzene rings is 2. The Balaban J connectivity index is 1.61. The predicted octanol–water partition coefficient (Wildman–Crippen LogP) is 6.09. The minimum atomic E-state index is 0.445. The van der Waals surface area contributed by atoms with E-state index in [0.29, 0.717) is 10.8 Å². The molecule has 4 saturated carbocycles. The molecule has 0 aromatic heterocycles. The molecular formula is C24H28. The summed E-state index contributed by atoms with van der Waals surface area (Å²) in [5.74, 6) is 1.88. The Kier molecular flexibility index (Phi) is 3.06. The van der Waals surface area contributed by atoms with Crippen LogP contribution < -0.4 is 0 Å². The summed E-state index contributed by atoms with van der Waals surface area (Å²) in [4.78, 5) is 0. The lowest BCUT2D eigenvalue weighted by atomic mass is 9.41. The van der Waals surface area contributed by atoms with Crippen molar-refractivity contribution in [3.63, 3.8) is 0 Å². The van der Waals surface area contributed by atoms with Crippen LogP contribution in [0, 0.1) is 25.7 Å². The normalized spacial score (nSPS) is 36.9. The largest absolute Gasteiger partial charge is 0.0617 e. The molecule has 0 aliphatic heterocycles. The predicted molar refractivity (Wildman–Crippen MR) is 100 cm³/mol. The van der Waals surface area contributed by atoms with Crippen LogP contribution in [0.1, 0.15) is 60.8 Å². The van der Waals surface area contributed by atoms with Crippen LogP contribution in [-0.2, 0) is 10.8 Å². The molecule has 0 radical (unpaired) electrons. The highest BCUT2D eigenvalue weighted by molar-refractivity contribution is 5.39. The molecule has 2 aromatic carbocycles. The molecule has 124 valence electrons. The van der Waals surface area contributed by atoms with E-state index in [1.54, 1.807) is 11.1 Å². The van der Waals surface area contributed by atoms with Crippen molar-refractivity contribution in [3.8, 4) is 0 Å². The van der Waals surface area contributed by atoms with Crippen molar-refractivity contribution < 1.29 is 0 Å². The van der Waals surface area contributed by atoms with Crippen molar-refractivity contribution in [2.45, 2.75) is 63.2 Å². The highest BCUT2D eigenvalue weighted by atomic mass is 14.6. The molecular weight excluding hydrogens is 288 g/mol. The monoisotopic (exact) mass is 316 g/mol. The molecule has 0 spiro atoms. The van der Waals surface area contributed by atoms with Gasteiger partial charge in [0.1, 0.15) is 0 Å². The summed E-state index contributed by atoms with van der Waals surface area (Å²) in [6.07, 6.45) is 8.59. The Hall–Kier alpha value is -1.56. The molecule has 0 heterocycles. The Morgan fingerprint density at radius 2 is 1.33 bits per heavy atom. The first-order valence-electron chi connectivity index (χ1n) is 9.71. The standard InChI is InChI=1S/C24H28/c1-17-6-8-21(9-7-17)23-12-19-11-20(13-23)15-24(14-19,16-23)22-5-3-4-18(2)10-22/h3-10,19-20H,11-16H2,1-2H3. The van der Waals surface area contributed by atoms with Gasteiger partial charge in [0.25, 0.3) is 0 Å². The van der Waals surface area contributed by atoms with E-state index < -0.39 is 0 Å². The second-order valence-electron chi connectivity index (χ2n) is 9.26. The summed E-state index contributed by atoms with van der Waals surface area (Å²) < 4.78 is 0. The van der Waals surface area contributed by atoms with Crippen molar-refractivity contribution >= 4 is 0 Å². The van der Waals surface area contributed by atoms with Crippen LogP contribution in [0.2, 0.25) is 0 Å². The zero-order valence-corrected chi connectivity index (χ0v) is 15.0. The number of hydrogen-bond acceptors (Lipinski definition) is 0. The summed E-state index contributed by atoms with van der Waals surface area (Å²) in [6, 6.07) is 19.0. The smallest absolute Gasteiger partial charge is 0.00331 e. The molecule has 0 heteroatoms. The second-order valence-corrected chi connectivity index (χ2v) is 9.26. The zero-order chi connectivity index (χ0) is 16.4. The molecule has 4 aliphatic rings. The van der Waals surface area contributed by atoms with Crippen molar-refractivity contribution in [1.82, 2.24) is 0 Å². The highest BCUT2D eigenvalue weighted by Gasteiger charge is 2.58. The van der Waals surface area contributed by atoms with E-state index in [9.17, 15) is 0 Å². The van der Waals surface area contributed by atoms with E-state index in [1.165, 1.54) is 49.7 Å². The molecule has 4 aliphatic carbocycles. The lowest BCUT2D eigenvalue weighted by Crippen LogP contribution is -2.55. The summed E-state index contributed by atoms with van der Waals surface area (Å²) >= 11 is 0. The van der Waals surface area contributed by atoms with Gasteiger partial charge in [-0.2, -0.15) is 0 Å². The highest BCUT2D eigenvalue weighted by Crippen LogP contribution is 2.66. The summed E-state index contributed by atoms with van der Waals surface area (Å²) in [5, 5.41) is 0. The van der Waals surface area contributed by atoms with Crippen LogP contribution in [0.25, 0.3) is 0 Å². The first-order valence-corrected chi connectivity index (χ1v) is 9.71. The fourth-order valence-electron chi connectivity index (χ4n) is 6.82. The van der Waals surface area contributed by atoms with Gasteiger partial charge in [0.05, 0.1) is 0 Å². The van der Waals surface area contributed by atoms with Gasteiger partial charge in [0.15, 0.2) is 0 Å². The molecule has 6 rings (SSSR count). The average Bonchev–Trinajstić information content (AvgIpc) is 2.54. The zero-order valence-electron chi connectivity index (χ0n) is 15.0. The molecule has 0 saturated heterocycles. The summed E-state index contributed by atoms with van der Waals surface area (Å²) in [7, 11) is 0. The molecule has 2 aromatic rings. The van der Waals surface area contributed by atoms with Gasteiger partial charge >= 0.3 is 0 Å². The van der Waals surface area contributed by atoms with E-state index >= 15 is 0 Å². The molecule has 24 heavy (non-hydrogen) atoms. The number of hydrogen-bond donors (Lipinski definition) is 0. The van der Waals surface area contributed by atoms with Crippen molar-refractivity contribution in [1.29, 1.82) is 0 Å². The van der Waals surface area contributed by atoms with E-state index in [2.05, 4.69) is 62.4 Å². The van der Waals surface area contributed by atoms with Crippen LogP contribution in [0.3, 0.4) is 0 Å². The Labute approximate surface area is 146 Å². The maximum Gasteiger partial charge on any atom is -0.00331 e. The van der Waals surface area contributed by atoms with E-state index in [4.69, 9.17) is 0 Å². The van der Waals surface area contributed by atoms with Crippen LogP contribution in [0.4, 0.5) is 0 Å². The first kappa shape index (κ1) is 14.8. The molecule has 4 fully saturated rings. The minimum absolute atomic E-state index is 0.445. The van der Waals surface area contributed by atoms with Gasteiger partial charge < -0.3 is 0 Å². The van der Waals surface area contributed by atoms with E-state index in [-0.39, 0.29) is 0 Å². The molecule has 0 N–H and O–H groups in total. The van der Waals surface area contributed by atoms with E-state index in [1.807, 2.05) is 0 Å². The van der Waals surface area contributed by atoms with Gasteiger partial charge in [0, 0.05) is 0 Å². The van der Waals surface area contributed by atoms with Crippen molar-refractivity contribution in [3.05, 3.63) is 70.8 Å². The number of aryl methyl sites for hydroxylation is 2. The van der Waals surface area contributed by atoms with Crippen LogP contribution >= 0.6 is 0 Å². The Bertz CT molecular complexity index is 753. The molecule has 4 bridgehead atoms. The van der Waals surface area contributed by atoms with Gasteiger partial charge in [-0.15, -0.1) is 0 Å². The fourth-order valence-corrected chi connectivity index (χ4v) is 6.82. The average molecular weight is 316 g/mol. The van der Waals surface area contributed by atoms with Crippen LogP contribution in [-0.4, -0.2) is 0 Å². The van der Waals surface area contributed by atoms with Gasteiger partial charge in [-0.1, -0.05) is 59.7 Å². The van der Waals surface area contributed by atoms with Crippen molar-refractivity contribution in [2.24, 2.45) is 11.8 Å². The van der Waals surface area contributed by atoms with Crippen LogP contribution in [0.5, 0.6) is 0 Å². The maximum atomic E-state index is 2.48. The van der Waals surface area contributed by atoms with Gasteiger partial charge in [-0.3, -0.25) is 0 Å².